The van der Waals surface area contributed by atoms with E-state index in [9.17, 15) is 8.42 Å². The summed E-state index contributed by atoms with van der Waals surface area (Å²) in [6.45, 7) is 3.25. The highest BCUT2D eigenvalue weighted by molar-refractivity contribution is 7.92. The molecule has 0 unspecified atom stereocenters. The fraction of sp³-hybridized carbons (Fsp3) is 0.333. The quantitative estimate of drug-likeness (QED) is 0.834. The van der Waals surface area contributed by atoms with Gasteiger partial charge in [-0.15, -0.1) is 0 Å². The molecule has 1 aliphatic rings. The lowest BCUT2D eigenvalue weighted by atomic mass is 10.2. The van der Waals surface area contributed by atoms with E-state index >= 15 is 0 Å². The smallest absolute Gasteiger partial charge is 0.264 e. The van der Waals surface area contributed by atoms with E-state index in [4.69, 9.17) is 9.47 Å². The van der Waals surface area contributed by atoms with Crippen LogP contribution in [-0.2, 0) is 14.8 Å². The van der Waals surface area contributed by atoms with Crippen LogP contribution in [0.5, 0.6) is 5.75 Å². The molecule has 2 aromatic rings. The average molecular weight is 347 g/mol. The Morgan fingerprint density at radius 3 is 2.33 bits per heavy atom. The first-order chi connectivity index (χ1) is 11.5. The number of nitrogens with zero attached hydrogens (tertiary/aromatic N) is 1. The topological polar surface area (TPSA) is 55.8 Å². The predicted molar refractivity (Wildman–Crippen MR) is 93.1 cm³/mol. The number of anilines is 1. The van der Waals surface area contributed by atoms with E-state index in [1.54, 1.807) is 55.6 Å². The van der Waals surface area contributed by atoms with Gasteiger partial charge in [0.05, 0.1) is 23.8 Å². The van der Waals surface area contributed by atoms with Gasteiger partial charge in [-0.05, 0) is 43.3 Å². The Morgan fingerprint density at radius 1 is 1.08 bits per heavy atom. The first-order valence-electron chi connectivity index (χ1n) is 7.87. The van der Waals surface area contributed by atoms with Crippen LogP contribution in [-0.4, -0.2) is 34.8 Å². The number of sulfonamides is 1. The van der Waals surface area contributed by atoms with Crippen molar-refractivity contribution >= 4 is 15.7 Å². The zero-order valence-electron chi connectivity index (χ0n) is 13.8. The fourth-order valence-electron chi connectivity index (χ4n) is 2.54. The van der Waals surface area contributed by atoms with Crippen LogP contribution in [0.2, 0.25) is 0 Å². The van der Waals surface area contributed by atoms with Crippen LogP contribution in [0.25, 0.3) is 0 Å². The van der Waals surface area contributed by atoms with Gasteiger partial charge in [0.15, 0.2) is 0 Å². The van der Waals surface area contributed by atoms with Gasteiger partial charge in [0.25, 0.3) is 10.0 Å². The third-order valence-corrected chi connectivity index (χ3v) is 5.87. The highest BCUT2D eigenvalue weighted by Gasteiger charge is 2.21. The highest BCUT2D eigenvalue weighted by atomic mass is 32.2. The van der Waals surface area contributed by atoms with Crippen LogP contribution >= 0.6 is 0 Å². The van der Waals surface area contributed by atoms with Crippen LogP contribution in [0.4, 0.5) is 5.69 Å². The molecule has 0 bridgehead atoms. The second-order valence-electron chi connectivity index (χ2n) is 5.88. The molecule has 0 amide bonds. The molecular weight excluding hydrogens is 326 g/mol. The Kier molecular flexibility index (Phi) is 4.78. The van der Waals surface area contributed by atoms with Gasteiger partial charge < -0.3 is 9.47 Å². The molecule has 3 rings (SSSR count). The van der Waals surface area contributed by atoms with Crippen LogP contribution in [0.15, 0.2) is 53.4 Å². The maximum absolute atomic E-state index is 12.7. The second kappa shape index (κ2) is 6.83. The number of benzene rings is 2. The Bertz CT molecular complexity index is 779. The molecule has 1 saturated heterocycles. The third-order valence-electron chi connectivity index (χ3n) is 4.07. The van der Waals surface area contributed by atoms with Crippen molar-refractivity contribution in [3.63, 3.8) is 0 Å². The summed E-state index contributed by atoms with van der Waals surface area (Å²) in [5.74, 6) is 0.718. The predicted octanol–water partition coefficient (Wildman–Crippen LogP) is 2.99. The second-order valence-corrected chi connectivity index (χ2v) is 7.85. The summed E-state index contributed by atoms with van der Waals surface area (Å²) in [5, 5.41) is 0. The van der Waals surface area contributed by atoms with E-state index in [2.05, 4.69) is 0 Å². The number of rotatable bonds is 5. The lowest BCUT2D eigenvalue weighted by molar-refractivity contribution is 0.141. The minimum atomic E-state index is -3.57. The first-order valence-corrected chi connectivity index (χ1v) is 9.31. The zero-order chi connectivity index (χ0) is 17.2. The molecule has 0 aromatic heterocycles. The summed E-state index contributed by atoms with van der Waals surface area (Å²) < 4.78 is 37.7. The molecule has 0 aliphatic carbocycles. The van der Waals surface area contributed by atoms with Crippen molar-refractivity contribution in [3.8, 4) is 5.75 Å². The van der Waals surface area contributed by atoms with Gasteiger partial charge in [0.2, 0.25) is 0 Å². The molecule has 0 radical (unpaired) electrons. The van der Waals surface area contributed by atoms with Crippen molar-refractivity contribution in [1.82, 2.24) is 0 Å². The molecule has 0 N–H and O–H groups in total. The van der Waals surface area contributed by atoms with Crippen molar-refractivity contribution in [2.75, 3.05) is 24.6 Å². The van der Waals surface area contributed by atoms with Crippen molar-refractivity contribution in [2.45, 2.75) is 24.3 Å². The molecule has 1 heterocycles. The summed E-state index contributed by atoms with van der Waals surface area (Å²) in [4.78, 5) is 0.277. The normalized spacial score (nSPS) is 17.7. The van der Waals surface area contributed by atoms with E-state index in [1.807, 2.05) is 6.92 Å². The van der Waals surface area contributed by atoms with Gasteiger partial charge in [-0.25, -0.2) is 8.42 Å². The molecule has 1 atom stereocenters. The monoisotopic (exact) mass is 347 g/mol. The van der Waals surface area contributed by atoms with Gasteiger partial charge in [-0.2, -0.15) is 0 Å². The van der Waals surface area contributed by atoms with Crippen LogP contribution in [0, 0.1) is 6.92 Å². The van der Waals surface area contributed by atoms with Gasteiger partial charge in [0, 0.05) is 13.5 Å². The molecule has 5 nitrogen and oxygen atoms in total. The molecular formula is C18H21NO4S. The lowest BCUT2D eigenvalue weighted by Crippen LogP contribution is -2.26. The van der Waals surface area contributed by atoms with Gasteiger partial charge in [0.1, 0.15) is 11.9 Å². The number of aryl methyl sites for hydroxylation is 1. The Balaban J connectivity index is 1.76. The minimum absolute atomic E-state index is 0.0740. The van der Waals surface area contributed by atoms with E-state index in [1.165, 1.54) is 4.31 Å². The lowest BCUT2D eigenvalue weighted by Gasteiger charge is -2.20. The molecule has 0 saturated carbocycles. The Hall–Kier alpha value is -2.05. The summed E-state index contributed by atoms with van der Waals surface area (Å²) in [5.41, 5.74) is 1.61. The van der Waals surface area contributed by atoms with E-state index < -0.39 is 10.0 Å². The van der Waals surface area contributed by atoms with E-state index in [-0.39, 0.29) is 11.0 Å². The summed E-state index contributed by atoms with van der Waals surface area (Å²) in [7, 11) is -2.02. The van der Waals surface area contributed by atoms with Crippen molar-refractivity contribution < 1.29 is 17.9 Å². The average Bonchev–Trinajstić information content (AvgIpc) is 3.08. The summed E-state index contributed by atoms with van der Waals surface area (Å²) >= 11 is 0. The number of ether oxygens (including phenoxy) is 2. The van der Waals surface area contributed by atoms with Crippen LogP contribution in [0.3, 0.4) is 0 Å². The molecule has 0 spiro atoms. The Morgan fingerprint density at radius 2 is 1.75 bits per heavy atom. The highest BCUT2D eigenvalue weighted by Crippen LogP contribution is 2.25. The van der Waals surface area contributed by atoms with Crippen molar-refractivity contribution in [1.29, 1.82) is 0 Å². The fourth-order valence-corrected chi connectivity index (χ4v) is 3.74. The molecule has 128 valence electrons. The molecule has 6 heteroatoms. The SMILES string of the molecule is Cc1ccc(S(=O)(=O)N(C)c2ccc(O[C@H]3CCOC3)cc2)cc1. The van der Waals surface area contributed by atoms with E-state index in [0.29, 0.717) is 12.3 Å². The maximum atomic E-state index is 12.7. The minimum Gasteiger partial charge on any atom is -0.488 e. The number of hydrogen-bond acceptors (Lipinski definition) is 4. The maximum Gasteiger partial charge on any atom is 0.264 e. The largest absolute Gasteiger partial charge is 0.488 e. The first kappa shape index (κ1) is 16.8. The zero-order valence-corrected chi connectivity index (χ0v) is 14.6. The molecule has 1 aliphatic heterocycles. The molecule has 1 fully saturated rings. The van der Waals surface area contributed by atoms with Crippen molar-refractivity contribution in [3.05, 3.63) is 54.1 Å². The Labute approximate surface area is 142 Å². The van der Waals surface area contributed by atoms with Gasteiger partial charge >= 0.3 is 0 Å². The third kappa shape index (κ3) is 3.55. The molecule has 24 heavy (non-hydrogen) atoms. The van der Waals surface area contributed by atoms with Crippen molar-refractivity contribution in [2.24, 2.45) is 0 Å². The number of hydrogen-bond donors (Lipinski definition) is 0. The van der Waals surface area contributed by atoms with Crippen LogP contribution in [0.1, 0.15) is 12.0 Å². The summed E-state index contributed by atoms with van der Waals surface area (Å²) in [6, 6.07) is 13.9. The standard InChI is InChI=1S/C18H21NO4S/c1-14-3-9-18(10-4-14)24(20,21)19(2)15-5-7-16(8-6-15)23-17-11-12-22-13-17/h3-10,17H,11-13H2,1-2H3/t17-/m0/s1. The van der Waals surface area contributed by atoms with E-state index in [0.717, 1.165) is 24.3 Å². The van der Waals surface area contributed by atoms with Gasteiger partial charge in [-0.3, -0.25) is 4.31 Å². The van der Waals surface area contributed by atoms with Crippen LogP contribution < -0.4 is 9.04 Å². The molecule has 2 aromatic carbocycles. The summed E-state index contributed by atoms with van der Waals surface area (Å²) in [6.07, 6.45) is 0.952. The van der Waals surface area contributed by atoms with Gasteiger partial charge in [-0.1, -0.05) is 17.7 Å².